The average Bonchev–Trinajstić information content (AvgIpc) is 2.46. The maximum atomic E-state index is 12.3. The van der Waals surface area contributed by atoms with Crippen LogP contribution in [-0.4, -0.2) is 6.61 Å². The summed E-state index contributed by atoms with van der Waals surface area (Å²) in [6.45, 7) is 0.247. The SMILES string of the molecule is Cl.N[C@H]1COc2ccc(C(F)(F)F)cc21. The minimum absolute atomic E-state index is 0. The number of nitrogens with two attached hydrogens (primary N) is 1. The standard InChI is InChI=1S/C9H8F3NO.ClH/c10-9(11,12)5-1-2-8-6(3-5)7(13)4-14-8;/h1-3,7H,4,13H2;1H/t7-;/m0./s1. The van der Waals surface area contributed by atoms with Gasteiger partial charge < -0.3 is 10.5 Å². The summed E-state index contributed by atoms with van der Waals surface area (Å²) in [6, 6.07) is 2.90. The normalized spacial score (nSPS) is 19.1. The minimum atomic E-state index is -4.32. The van der Waals surface area contributed by atoms with E-state index in [1.807, 2.05) is 0 Å². The molecule has 0 saturated heterocycles. The van der Waals surface area contributed by atoms with Crippen LogP contribution in [0.5, 0.6) is 5.75 Å². The molecular weight excluding hydrogens is 231 g/mol. The van der Waals surface area contributed by atoms with E-state index >= 15 is 0 Å². The Hall–Kier alpha value is -0.940. The largest absolute Gasteiger partial charge is 0.491 e. The van der Waals surface area contributed by atoms with Gasteiger partial charge in [0.1, 0.15) is 12.4 Å². The fourth-order valence-corrected chi connectivity index (χ4v) is 1.42. The first-order valence-corrected chi connectivity index (χ1v) is 4.08. The van der Waals surface area contributed by atoms with E-state index in [2.05, 4.69) is 0 Å². The van der Waals surface area contributed by atoms with Gasteiger partial charge in [-0.1, -0.05) is 0 Å². The molecule has 0 amide bonds. The van der Waals surface area contributed by atoms with Gasteiger partial charge >= 0.3 is 6.18 Å². The first kappa shape index (κ1) is 12.1. The zero-order valence-corrected chi connectivity index (χ0v) is 8.36. The molecule has 84 valence electrons. The third kappa shape index (κ3) is 2.18. The number of benzene rings is 1. The minimum Gasteiger partial charge on any atom is -0.491 e. The van der Waals surface area contributed by atoms with Crippen molar-refractivity contribution in [3.8, 4) is 5.75 Å². The van der Waals surface area contributed by atoms with Crippen molar-refractivity contribution in [3.63, 3.8) is 0 Å². The molecule has 2 nitrogen and oxygen atoms in total. The Bertz CT molecular complexity index is 367. The molecule has 0 spiro atoms. The molecule has 1 aromatic rings. The van der Waals surface area contributed by atoms with Crippen LogP contribution in [0, 0.1) is 0 Å². The molecule has 1 heterocycles. The molecule has 1 atom stereocenters. The van der Waals surface area contributed by atoms with Crippen LogP contribution < -0.4 is 10.5 Å². The second-order valence-corrected chi connectivity index (χ2v) is 3.17. The molecule has 15 heavy (non-hydrogen) atoms. The number of halogens is 4. The highest BCUT2D eigenvalue weighted by Crippen LogP contribution is 2.37. The molecule has 2 N–H and O–H groups in total. The number of rotatable bonds is 0. The van der Waals surface area contributed by atoms with E-state index in [1.54, 1.807) is 0 Å². The van der Waals surface area contributed by atoms with Crippen molar-refractivity contribution >= 4 is 12.4 Å². The van der Waals surface area contributed by atoms with Gasteiger partial charge in [-0.05, 0) is 18.2 Å². The van der Waals surface area contributed by atoms with Gasteiger partial charge in [0.05, 0.1) is 11.6 Å². The highest BCUT2D eigenvalue weighted by Gasteiger charge is 2.33. The first-order valence-electron chi connectivity index (χ1n) is 4.08. The Labute approximate surface area is 90.6 Å². The van der Waals surface area contributed by atoms with Gasteiger partial charge in [-0.2, -0.15) is 13.2 Å². The molecule has 0 saturated carbocycles. The summed E-state index contributed by atoms with van der Waals surface area (Å²) in [7, 11) is 0. The lowest BCUT2D eigenvalue weighted by Crippen LogP contribution is -2.12. The van der Waals surface area contributed by atoms with Crippen molar-refractivity contribution in [3.05, 3.63) is 29.3 Å². The van der Waals surface area contributed by atoms with Crippen LogP contribution in [0.2, 0.25) is 0 Å². The molecule has 1 aromatic carbocycles. The molecule has 0 aliphatic carbocycles. The van der Waals surface area contributed by atoms with Crippen molar-refractivity contribution in [2.75, 3.05) is 6.61 Å². The lowest BCUT2D eigenvalue weighted by Gasteiger charge is -2.08. The van der Waals surface area contributed by atoms with Gasteiger partial charge in [-0.15, -0.1) is 12.4 Å². The number of alkyl halides is 3. The van der Waals surface area contributed by atoms with Gasteiger partial charge in [0.25, 0.3) is 0 Å². The molecule has 6 heteroatoms. The average molecular weight is 240 g/mol. The van der Waals surface area contributed by atoms with Crippen LogP contribution in [0.1, 0.15) is 17.2 Å². The summed E-state index contributed by atoms with van der Waals surface area (Å²) in [5.74, 6) is 0.450. The van der Waals surface area contributed by atoms with E-state index in [0.717, 1.165) is 12.1 Å². The van der Waals surface area contributed by atoms with Crippen LogP contribution in [0.4, 0.5) is 13.2 Å². The van der Waals surface area contributed by atoms with Crippen molar-refractivity contribution in [2.45, 2.75) is 12.2 Å². The summed E-state index contributed by atoms with van der Waals surface area (Å²) in [6.07, 6.45) is -4.32. The summed E-state index contributed by atoms with van der Waals surface area (Å²) in [5.41, 5.74) is 5.31. The van der Waals surface area contributed by atoms with Crippen molar-refractivity contribution in [2.24, 2.45) is 5.73 Å². The molecule has 0 fully saturated rings. The van der Waals surface area contributed by atoms with Crippen LogP contribution in [0.15, 0.2) is 18.2 Å². The van der Waals surface area contributed by atoms with Gasteiger partial charge in [0, 0.05) is 5.56 Å². The molecule has 1 aliphatic rings. The van der Waals surface area contributed by atoms with Crippen molar-refractivity contribution in [1.82, 2.24) is 0 Å². The summed E-state index contributed by atoms with van der Waals surface area (Å²) >= 11 is 0. The smallest absolute Gasteiger partial charge is 0.416 e. The van der Waals surface area contributed by atoms with Gasteiger partial charge in [-0.25, -0.2) is 0 Å². The zero-order chi connectivity index (χ0) is 10.3. The lowest BCUT2D eigenvalue weighted by molar-refractivity contribution is -0.137. The highest BCUT2D eigenvalue weighted by atomic mass is 35.5. The second kappa shape index (κ2) is 3.90. The lowest BCUT2D eigenvalue weighted by atomic mass is 10.1. The van der Waals surface area contributed by atoms with E-state index in [4.69, 9.17) is 10.5 Å². The Kier molecular flexibility index (Phi) is 3.16. The van der Waals surface area contributed by atoms with Gasteiger partial charge in [-0.3, -0.25) is 0 Å². The zero-order valence-electron chi connectivity index (χ0n) is 7.54. The van der Waals surface area contributed by atoms with E-state index < -0.39 is 17.8 Å². The molecule has 0 unspecified atom stereocenters. The fraction of sp³-hybridized carbons (Fsp3) is 0.333. The second-order valence-electron chi connectivity index (χ2n) is 3.17. The third-order valence-corrected chi connectivity index (χ3v) is 2.15. The van der Waals surface area contributed by atoms with Crippen molar-refractivity contribution < 1.29 is 17.9 Å². The molecule has 2 rings (SSSR count). The number of ether oxygens (including phenoxy) is 1. The molecular formula is C9H9ClF3NO. The fourth-order valence-electron chi connectivity index (χ4n) is 1.42. The molecule has 0 bridgehead atoms. The van der Waals surface area contributed by atoms with E-state index in [1.165, 1.54) is 6.07 Å². The van der Waals surface area contributed by atoms with E-state index in [-0.39, 0.29) is 19.0 Å². The van der Waals surface area contributed by atoms with Crippen LogP contribution in [-0.2, 0) is 6.18 Å². The van der Waals surface area contributed by atoms with Crippen molar-refractivity contribution in [1.29, 1.82) is 0 Å². The first-order chi connectivity index (χ1) is 6.48. The Balaban J connectivity index is 0.00000112. The third-order valence-electron chi connectivity index (χ3n) is 2.15. The van der Waals surface area contributed by atoms with Gasteiger partial charge in [0.15, 0.2) is 0 Å². The molecule has 0 radical (unpaired) electrons. The van der Waals surface area contributed by atoms with Gasteiger partial charge in [0.2, 0.25) is 0 Å². The van der Waals surface area contributed by atoms with Crippen LogP contribution in [0.25, 0.3) is 0 Å². The Morgan fingerprint density at radius 3 is 2.60 bits per heavy atom. The van der Waals surface area contributed by atoms with Crippen LogP contribution in [0.3, 0.4) is 0 Å². The Morgan fingerprint density at radius 1 is 1.33 bits per heavy atom. The van der Waals surface area contributed by atoms with Crippen LogP contribution >= 0.6 is 12.4 Å². The van der Waals surface area contributed by atoms with E-state index in [9.17, 15) is 13.2 Å². The summed E-state index contributed by atoms with van der Waals surface area (Å²) in [4.78, 5) is 0. The topological polar surface area (TPSA) is 35.2 Å². The maximum Gasteiger partial charge on any atom is 0.416 e. The number of hydrogen-bond donors (Lipinski definition) is 1. The quantitative estimate of drug-likeness (QED) is 0.755. The predicted octanol–water partition coefficient (Wildman–Crippen LogP) is 2.52. The molecule has 1 aliphatic heterocycles. The predicted molar refractivity (Wildman–Crippen MR) is 51.1 cm³/mol. The summed E-state index contributed by atoms with van der Waals surface area (Å²) in [5, 5.41) is 0. The monoisotopic (exact) mass is 239 g/mol. The maximum absolute atomic E-state index is 12.3. The number of hydrogen-bond acceptors (Lipinski definition) is 2. The molecule has 0 aromatic heterocycles. The number of fused-ring (bicyclic) bond motifs is 1. The Morgan fingerprint density at radius 2 is 2.00 bits per heavy atom. The highest BCUT2D eigenvalue weighted by molar-refractivity contribution is 5.85. The van der Waals surface area contributed by atoms with E-state index in [0.29, 0.717) is 11.3 Å². The summed E-state index contributed by atoms with van der Waals surface area (Å²) < 4.78 is 42.0.